The number of fused-ring (bicyclic) bond motifs is 3. The second-order valence-electron chi connectivity index (χ2n) is 7.45. The molecule has 5 rings (SSSR count). The number of hydrogen-bond donors (Lipinski definition) is 2. The van der Waals surface area contributed by atoms with Crippen LogP contribution >= 0.6 is 0 Å². The third kappa shape index (κ3) is 3.17. The van der Waals surface area contributed by atoms with Gasteiger partial charge < -0.3 is 10.3 Å². The van der Waals surface area contributed by atoms with E-state index in [1.807, 2.05) is 0 Å². The summed E-state index contributed by atoms with van der Waals surface area (Å²) in [6.45, 7) is 0.912. The van der Waals surface area contributed by atoms with Crippen LogP contribution < -0.4 is 5.32 Å². The first-order valence-corrected chi connectivity index (χ1v) is 9.86. The minimum absolute atomic E-state index is 0.404. The standard InChI is InChI=1S/C25H24N2/c1-3-8-18(9-4-1)17-26-24-13-7-12-21-22-16-20(19-10-5-2-6-11-19)14-15-23(22)27-25(21)24/h1-6,8-11,14-16,24,26-27H,7,12-13,17H2/t24-/m0/s1. The summed E-state index contributed by atoms with van der Waals surface area (Å²) < 4.78 is 0. The van der Waals surface area contributed by atoms with Gasteiger partial charge in [0.1, 0.15) is 0 Å². The van der Waals surface area contributed by atoms with Gasteiger partial charge in [-0.3, -0.25) is 0 Å². The lowest BCUT2D eigenvalue weighted by Crippen LogP contribution is -2.24. The SMILES string of the molecule is c1ccc(CN[C@H]2CCCc3c2[nH]c2ccc(-c4ccccc4)cc32)cc1. The molecule has 4 aromatic rings. The van der Waals surface area contributed by atoms with E-state index in [9.17, 15) is 0 Å². The van der Waals surface area contributed by atoms with E-state index in [0.29, 0.717) is 6.04 Å². The molecule has 0 bridgehead atoms. The molecule has 134 valence electrons. The summed E-state index contributed by atoms with van der Waals surface area (Å²) in [4.78, 5) is 3.72. The van der Waals surface area contributed by atoms with Crippen LogP contribution in [0.3, 0.4) is 0 Å². The summed E-state index contributed by atoms with van der Waals surface area (Å²) in [6.07, 6.45) is 3.59. The highest BCUT2D eigenvalue weighted by Crippen LogP contribution is 2.36. The molecule has 2 heteroatoms. The summed E-state index contributed by atoms with van der Waals surface area (Å²) in [6, 6.07) is 28.6. The van der Waals surface area contributed by atoms with Crippen LogP contribution in [0.25, 0.3) is 22.0 Å². The maximum atomic E-state index is 3.77. The minimum atomic E-state index is 0.404. The molecular formula is C25H24N2. The van der Waals surface area contributed by atoms with E-state index in [-0.39, 0.29) is 0 Å². The van der Waals surface area contributed by atoms with Crippen molar-refractivity contribution in [2.45, 2.75) is 31.8 Å². The van der Waals surface area contributed by atoms with Gasteiger partial charge in [-0.05, 0) is 53.6 Å². The number of aromatic nitrogens is 1. The molecule has 0 amide bonds. The van der Waals surface area contributed by atoms with E-state index in [1.54, 1.807) is 0 Å². The smallest absolute Gasteiger partial charge is 0.0478 e. The number of benzene rings is 3. The van der Waals surface area contributed by atoms with E-state index in [2.05, 4.69) is 89.2 Å². The molecule has 0 saturated carbocycles. The fraction of sp³-hybridized carbons (Fsp3) is 0.200. The van der Waals surface area contributed by atoms with Crippen LogP contribution in [0, 0.1) is 0 Å². The molecule has 0 aliphatic heterocycles. The van der Waals surface area contributed by atoms with Crippen LogP contribution in [0.5, 0.6) is 0 Å². The van der Waals surface area contributed by atoms with Gasteiger partial charge in [-0.25, -0.2) is 0 Å². The fourth-order valence-corrected chi connectivity index (χ4v) is 4.31. The van der Waals surface area contributed by atoms with Gasteiger partial charge in [0.2, 0.25) is 0 Å². The Morgan fingerprint density at radius 1 is 0.852 bits per heavy atom. The Balaban J connectivity index is 1.47. The van der Waals surface area contributed by atoms with E-state index < -0.39 is 0 Å². The third-order valence-electron chi connectivity index (χ3n) is 5.71. The van der Waals surface area contributed by atoms with Crippen LogP contribution in [0.1, 0.15) is 35.7 Å². The topological polar surface area (TPSA) is 27.8 Å². The van der Waals surface area contributed by atoms with Gasteiger partial charge in [0, 0.05) is 29.2 Å². The Labute approximate surface area is 160 Å². The predicted octanol–water partition coefficient (Wildman–Crippen LogP) is 6.00. The molecule has 2 N–H and O–H groups in total. The van der Waals surface area contributed by atoms with E-state index in [4.69, 9.17) is 0 Å². The van der Waals surface area contributed by atoms with Gasteiger partial charge in [-0.1, -0.05) is 66.7 Å². The Morgan fingerprint density at radius 3 is 2.44 bits per heavy atom. The van der Waals surface area contributed by atoms with Crippen molar-refractivity contribution in [3.8, 4) is 11.1 Å². The van der Waals surface area contributed by atoms with Gasteiger partial charge in [0.25, 0.3) is 0 Å². The second kappa shape index (κ2) is 7.05. The summed E-state index contributed by atoms with van der Waals surface area (Å²) >= 11 is 0. The molecule has 2 nitrogen and oxygen atoms in total. The van der Waals surface area contributed by atoms with Gasteiger partial charge in [-0.15, -0.1) is 0 Å². The molecule has 1 atom stereocenters. The van der Waals surface area contributed by atoms with Crippen molar-refractivity contribution in [1.29, 1.82) is 0 Å². The Hall–Kier alpha value is -2.84. The van der Waals surface area contributed by atoms with Crippen LogP contribution in [-0.4, -0.2) is 4.98 Å². The first-order valence-electron chi connectivity index (χ1n) is 9.86. The largest absolute Gasteiger partial charge is 0.357 e. The number of rotatable bonds is 4. The van der Waals surface area contributed by atoms with Crippen LogP contribution in [-0.2, 0) is 13.0 Å². The highest BCUT2D eigenvalue weighted by Gasteiger charge is 2.24. The van der Waals surface area contributed by atoms with Crippen molar-refractivity contribution in [2.24, 2.45) is 0 Å². The highest BCUT2D eigenvalue weighted by molar-refractivity contribution is 5.89. The third-order valence-corrected chi connectivity index (χ3v) is 5.71. The monoisotopic (exact) mass is 352 g/mol. The van der Waals surface area contributed by atoms with Gasteiger partial charge in [0.05, 0.1) is 0 Å². The van der Waals surface area contributed by atoms with Gasteiger partial charge >= 0.3 is 0 Å². The number of H-pyrrole nitrogens is 1. The van der Waals surface area contributed by atoms with Crippen molar-refractivity contribution in [3.63, 3.8) is 0 Å². The summed E-state index contributed by atoms with van der Waals surface area (Å²) in [5.74, 6) is 0. The molecule has 0 fully saturated rings. The van der Waals surface area contributed by atoms with E-state index in [0.717, 1.165) is 13.0 Å². The van der Waals surface area contributed by atoms with Gasteiger partial charge in [-0.2, -0.15) is 0 Å². The molecule has 1 heterocycles. The highest BCUT2D eigenvalue weighted by atomic mass is 14.9. The Kier molecular flexibility index (Phi) is 4.27. The average molecular weight is 352 g/mol. The van der Waals surface area contributed by atoms with Crippen molar-refractivity contribution in [2.75, 3.05) is 0 Å². The molecule has 1 aromatic heterocycles. The maximum absolute atomic E-state index is 3.77. The first-order chi connectivity index (χ1) is 13.4. The number of nitrogens with one attached hydrogen (secondary N) is 2. The normalized spacial score (nSPS) is 16.4. The lowest BCUT2D eigenvalue weighted by Gasteiger charge is -2.24. The lowest BCUT2D eigenvalue weighted by atomic mass is 9.91. The Morgan fingerprint density at radius 2 is 1.63 bits per heavy atom. The maximum Gasteiger partial charge on any atom is 0.0478 e. The first kappa shape index (κ1) is 16.3. The van der Waals surface area contributed by atoms with Crippen molar-refractivity contribution in [1.82, 2.24) is 10.3 Å². The molecule has 1 aliphatic carbocycles. The fourth-order valence-electron chi connectivity index (χ4n) is 4.31. The lowest BCUT2D eigenvalue weighted by molar-refractivity contribution is 0.452. The summed E-state index contributed by atoms with van der Waals surface area (Å²) in [5.41, 5.74) is 8.06. The molecule has 0 radical (unpaired) electrons. The zero-order valence-corrected chi connectivity index (χ0v) is 15.4. The Bertz CT molecular complexity index is 1050. The zero-order chi connectivity index (χ0) is 18.1. The zero-order valence-electron chi connectivity index (χ0n) is 15.4. The van der Waals surface area contributed by atoms with Crippen LogP contribution in [0.15, 0.2) is 78.9 Å². The molecule has 27 heavy (non-hydrogen) atoms. The molecule has 1 aliphatic rings. The molecule has 0 unspecified atom stereocenters. The van der Waals surface area contributed by atoms with Gasteiger partial charge in [0.15, 0.2) is 0 Å². The van der Waals surface area contributed by atoms with Crippen LogP contribution in [0.4, 0.5) is 0 Å². The number of aryl methyl sites for hydroxylation is 1. The van der Waals surface area contributed by atoms with Crippen molar-refractivity contribution in [3.05, 3.63) is 95.7 Å². The molecule has 0 saturated heterocycles. The molecular weight excluding hydrogens is 328 g/mol. The number of aromatic amines is 1. The summed E-state index contributed by atoms with van der Waals surface area (Å²) in [7, 11) is 0. The van der Waals surface area contributed by atoms with E-state index >= 15 is 0 Å². The van der Waals surface area contributed by atoms with E-state index in [1.165, 1.54) is 51.7 Å². The predicted molar refractivity (Wildman–Crippen MR) is 113 cm³/mol. The average Bonchev–Trinajstić information content (AvgIpc) is 3.12. The van der Waals surface area contributed by atoms with Crippen LogP contribution in [0.2, 0.25) is 0 Å². The molecule has 0 spiro atoms. The second-order valence-corrected chi connectivity index (χ2v) is 7.45. The van der Waals surface area contributed by atoms with Crippen molar-refractivity contribution < 1.29 is 0 Å². The number of hydrogen-bond acceptors (Lipinski definition) is 1. The quantitative estimate of drug-likeness (QED) is 0.463. The summed E-state index contributed by atoms with van der Waals surface area (Å²) in [5, 5.41) is 5.16. The molecule has 3 aromatic carbocycles. The van der Waals surface area contributed by atoms with Crippen molar-refractivity contribution >= 4 is 10.9 Å². The minimum Gasteiger partial charge on any atom is -0.357 e.